The summed E-state index contributed by atoms with van der Waals surface area (Å²) in [6.07, 6.45) is 6.08. The summed E-state index contributed by atoms with van der Waals surface area (Å²) in [4.78, 5) is 12.1. The van der Waals surface area contributed by atoms with Crippen LogP contribution < -0.4 is 5.32 Å². The molecule has 0 bridgehead atoms. The number of rotatable bonds is 2. The molecule has 0 radical (unpaired) electrons. The first-order chi connectivity index (χ1) is 8.16. The summed E-state index contributed by atoms with van der Waals surface area (Å²) >= 11 is 0. The number of benzene rings is 1. The molecule has 0 unspecified atom stereocenters. The van der Waals surface area contributed by atoms with Gasteiger partial charge >= 0.3 is 0 Å². The lowest BCUT2D eigenvalue weighted by atomic mass is 9.95. The van der Waals surface area contributed by atoms with E-state index in [1.807, 2.05) is 19.1 Å². The summed E-state index contributed by atoms with van der Waals surface area (Å²) in [6.45, 7) is 4.05. The highest BCUT2D eigenvalue weighted by Gasteiger charge is 2.17. The molecule has 1 aliphatic rings. The van der Waals surface area contributed by atoms with Gasteiger partial charge < -0.3 is 5.32 Å². The van der Waals surface area contributed by atoms with E-state index in [1.165, 1.54) is 24.8 Å². The molecule has 0 atom stereocenters. The zero-order valence-corrected chi connectivity index (χ0v) is 10.8. The van der Waals surface area contributed by atoms with Crippen LogP contribution in [-0.4, -0.2) is 11.9 Å². The molecule has 0 aliphatic heterocycles. The Balaban J connectivity index is 2.03. The molecule has 0 heterocycles. The minimum absolute atomic E-state index is 0.0920. The van der Waals surface area contributed by atoms with E-state index in [4.69, 9.17) is 0 Å². The number of nitrogens with one attached hydrogen (secondary N) is 1. The second-order valence-corrected chi connectivity index (χ2v) is 5.13. The standard InChI is InChI=1S/C15H21NO/c1-11-8-9-14(12(2)10-11)15(17)16-13-6-4-3-5-7-13/h8-10,13H,3-7H2,1-2H3,(H,16,17). The van der Waals surface area contributed by atoms with Crippen LogP contribution in [0.15, 0.2) is 18.2 Å². The maximum Gasteiger partial charge on any atom is 0.251 e. The van der Waals surface area contributed by atoms with Crippen LogP contribution >= 0.6 is 0 Å². The fourth-order valence-corrected chi connectivity index (χ4v) is 2.58. The third-order valence-corrected chi connectivity index (χ3v) is 3.57. The highest BCUT2D eigenvalue weighted by molar-refractivity contribution is 5.95. The summed E-state index contributed by atoms with van der Waals surface area (Å²) in [5.74, 6) is 0.0920. The molecule has 2 rings (SSSR count). The molecule has 1 aliphatic carbocycles. The van der Waals surface area contributed by atoms with Crippen LogP contribution in [0.5, 0.6) is 0 Å². The fourth-order valence-electron chi connectivity index (χ4n) is 2.58. The normalized spacial score (nSPS) is 16.8. The number of hydrogen-bond acceptors (Lipinski definition) is 1. The Morgan fingerprint density at radius 3 is 2.53 bits per heavy atom. The molecule has 0 saturated heterocycles. The molecule has 0 spiro atoms. The van der Waals surface area contributed by atoms with E-state index < -0.39 is 0 Å². The van der Waals surface area contributed by atoms with Crippen molar-refractivity contribution in [3.63, 3.8) is 0 Å². The topological polar surface area (TPSA) is 29.1 Å². The number of carbonyl (C=O) groups is 1. The van der Waals surface area contributed by atoms with Gasteiger partial charge in [0.2, 0.25) is 0 Å². The Hall–Kier alpha value is -1.31. The van der Waals surface area contributed by atoms with E-state index in [0.29, 0.717) is 6.04 Å². The number of hydrogen-bond donors (Lipinski definition) is 1. The van der Waals surface area contributed by atoms with Crippen LogP contribution in [0, 0.1) is 13.8 Å². The van der Waals surface area contributed by atoms with Gasteiger partial charge in [0, 0.05) is 11.6 Å². The highest BCUT2D eigenvalue weighted by atomic mass is 16.1. The van der Waals surface area contributed by atoms with Gasteiger partial charge in [0.25, 0.3) is 5.91 Å². The van der Waals surface area contributed by atoms with Crippen molar-refractivity contribution in [1.82, 2.24) is 5.32 Å². The smallest absolute Gasteiger partial charge is 0.251 e. The maximum absolute atomic E-state index is 12.1. The monoisotopic (exact) mass is 231 g/mol. The van der Waals surface area contributed by atoms with Gasteiger partial charge in [-0.1, -0.05) is 37.0 Å². The number of amides is 1. The number of carbonyl (C=O) groups excluding carboxylic acids is 1. The molecule has 0 aromatic heterocycles. The summed E-state index contributed by atoms with van der Waals surface area (Å²) in [5, 5.41) is 3.16. The summed E-state index contributed by atoms with van der Waals surface area (Å²) in [7, 11) is 0. The maximum atomic E-state index is 12.1. The van der Waals surface area contributed by atoms with Crippen LogP contribution in [-0.2, 0) is 0 Å². The third kappa shape index (κ3) is 3.09. The van der Waals surface area contributed by atoms with Crippen molar-refractivity contribution in [3.05, 3.63) is 34.9 Å². The van der Waals surface area contributed by atoms with Crippen LogP contribution in [0.4, 0.5) is 0 Å². The van der Waals surface area contributed by atoms with Crippen molar-refractivity contribution in [2.24, 2.45) is 0 Å². The SMILES string of the molecule is Cc1ccc(C(=O)NC2CCCCC2)c(C)c1. The first-order valence-electron chi connectivity index (χ1n) is 6.55. The van der Waals surface area contributed by atoms with E-state index in [9.17, 15) is 4.79 Å². The first kappa shape index (κ1) is 12.2. The quantitative estimate of drug-likeness (QED) is 0.830. The van der Waals surface area contributed by atoms with Crippen molar-refractivity contribution >= 4 is 5.91 Å². The van der Waals surface area contributed by atoms with Crippen molar-refractivity contribution in [2.45, 2.75) is 52.0 Å². The molecular weight excluding hydrogens is 210 g/mol. The fraction of sp³-hybridized carbons (Fsp3) is 0.533. The molecule has 1 fully saturated rings. The van der Waals surface area contributed by atoms with Crippen molar-refractivity contribution in [2.75, 3.05) is 0 Å². The molecular formula is C15H21NO. The Kier molecular flexibility index (Phi) is 3.82. The zero-order chi connectivity index (χ0) is 12.3. The predicted molar refractivity (Wildman–Crippen MR) is 70.3 cm³/mol. The molecule has 2 heteroatoms. The third-order valence-electron chi connectivity index (χ3n) is 3.57. The minimum Gasteiger partial charge on any atom is -0.349 e. The van der Waals surface area contributed by atoms with Crippen molar-refractivity contribution in [1.29, 1.82) is 0 Å². The Morgan fingerprint density at radius 2 is 1.88 bits per heavy atom. The summed E-state index contributed by atoms with van der Waals surface area (Å²) in [5.41, 5.74) is 3.09. The molecule has 92 valence electrons. The molecule has 1 aromatic rings. The average molecular weight is 231 g/mol. The van der Waals surface area contributed by atoms with Crippen LogP contribution in [0.1, 0.15) is 53.6 Å². The van der Waals surface area contributed by atoms with Gasteiger partial charge in [-0.05, 0) is 38.3 Å². The largest absolute Gasteiger partial charge is 0.349 e. The van der Waals surface area contributed by atoms with E-state index in [0.717, 1.165) is 24.0 Å². The minimum atomic E-state index is 0.0920. The second-order valence-electron chi connectivity index (χ2n) is 5.13. The van der Waals surface area contributed by atoms with Crippen LogP contribution in [0.25, 0.3) is 0 Å². The van der Waals surface area contributed by atoms with E-state index in [2.05, 4.69) is 18.3 Å². The Morgan fingerprint density at radius 1 is 1.18 bits per heavy atom. The highest BCUT2D eigenvalue weighted by Crippen LogP contribution is 2.18. The first-order valence-corrected chi connectivity index (χ1v) is 6.55. The van der Waals surface area contributed by atoms with E-state index in [1.54, 1.807) is 0 Å². The molecule has 17 heavy (non-hydrogen) atoms. The van der Waals surface area contributed by atoms with Gasteiger partial charge in [-0.2, -0.15) is 0 Å². The lowest BCUT2D eigenvalue weighted by Crippen LogP contribution is -2.36. The van der Waals surface area contributed by atoms with E-state index in [-0.39, 0.29) is 5.91 Å². The van der Waals surface area contributed by atoms with Crippen LogP contribution in [0.2, 0.25) is 0 Å². The Labute approximate surface area is 103 Å². The Bertz CT molecular complexity index is 405. The summed E-state index contributed by atoms with van der Waals surface area (Å²) in [6, 6.07) is 6.39. The van der Waals surface area contributed by atoms with Gasteiger partial charge in [-0.3, -0.25) is 4.79 Å². The molecule has 1 amide bonds. The van der Waals surface area contributed by atoms with Gasteiger partial charge in [0.1, 0.15) is 0 Å². The van der Waals surface area contributed by atoms with E-state index >= 15 is 0 Å². The molecule has 2 nitrogen and oxygen atoms in total. The molecule has 1 saturated carbocycles. The van der Waals surface area contributed by atoms with Crippen molar-refractivity contribution < 1.29 is 4.79 Å². The molecule has 1 N–H and O–H groups in total. The van der Waals surface area contributed by atoms with Crippen molar-refractivity contribution in [3.8, 4) is 0 Å². The van der Waals surface area contributed by atoms with Gasteiger partial charge in [-0.25, -0.2) is 0 Å². The van der Waals surface area contributed by atoms with Gasteiger partial charge in [-0.15, -0.1) is 0 Å². The molecule has 1 aromatic carbocycles. The lowest BCUT2D eigenvalue weighted by molar-refractivity contribution is 0.0927. The summed E-state index contributed by atoms with van der Waals surface area (Å²) < 4.78 is 0. The zero-order valence-electron chi connectivity index (χ0n) is 10.8. The van der Waals surface area contributed by atoms with Gasteiger partial charge in [0.15, 0.2) is 0 Å². The second kappa shape index (κ2) is 5.35. The van der Waals surface area contributed by atoms with Gasteiger partial charge in [0.05, 0.1) is 0 Å². The average Bonchev–Trinajstić information content (AvgIpc) is 2.30. The lowest BCUT2D eigenvalue weighted by Gasteiger charge is -2.23. The predicted octanol–water partition coefficient (Wildman–Crippen LogP) is 3.37. The number of aryl methyl sites for hydroxylation is 2. The van der Waals surface area contributed by atoms with Crippen LogP contribution in [0.3, 0.4) is 0 Å².